The van der Waals surface area contributed by atoms with E-state index in [4.69, 9.17) is 11.6 Å². The van der Waals surface area contributed by atoms with E-state index in [0.717, 1.165) is 30.6 Å². The van der Waals surface area contributed by atoms with Crippen molar-refractivity contribution in [1.82, 2.24) is 10.6 Å². The molecule has 1 fully saturated rings. The lowest BCUT2D eigenvalue weighted by molar-refractivity contribution is -0.119. The van der Waals surface area contributed by atoms with Gasteiger partial charge >= 0.3 is 6.03 Å². The molecule has 1 unspecified atom stereocenters. The van der Waals surface area contributed by atoms with Crippen molar-refractivity contribution < 1.29 is 9.59 Å². The maximum Gasteiger partial charge on any atom is 0.321 e. The highest BCUT2D eigenvalue weighted by atomic mass is 35.5. The number of amides is 3. The SMILES string of the molecule is CC(Sc1ccc(Cl)cc1)C(=O)NC(=O)NC1CCCCC1. The normalized spacial score (nSPS) is 16.8. The van der Waals surface area contributed by atoms with Gasteiger partial charge in [0.2, 0.25) is 5.91 Å². The molecule has 0 radical (unpaired) electrons. The first-order chi connectivity index (χ1) is 10.5. The average molecular weight is 341 g/mol. The van der Waals surface area contributed by atoms with Crippen molar-refractivity contribution in [2.75, 3.05) is 0 Å². The van der Waals surface area contributed by atoms with E-state index in [1.54, 1.807) is 19.1 Å². The molecular weight excluding hydrogens is 320 g/mol. The van der Waals surface area contributed by atoms with E-state index in [0.29, 0.717) is 5.02 Å². The van der Waals surface area contributed by atoms with Crippen molar-refractivity contribution in [3.63, 3.8) is 0 Å². The van der Waals surface area contributed by atoms with Gasteiger partial charge in [0.1, 0.15) is 0 Å². The van der Waals surface area contributed by atoms with Crippen LogP contribution in [0.3, 0.4) is 0 Å². The van der Waals surface area contributed by atoms with Gasteiger partial charge in [0, 0.05) is 16.0 Å². The van der Waals surface area contributed by atoms with Crippen molar-refractivity contribution in [3.8, 4) is 0 Å². The summed E-state index contributed by atoms with van der Waals surface area (Å²) in [5, 5.41) is 5.61. The molecule has 120 valence electrons. The van der Waals surface area contributed by atoms with Gasteiger partial charge in [-0.25, -0.2) is 4.79 Å². The largest absolute Gasteiger partial charge is 0.335 e. The Labute approximate surface area is 140 Å². The maximum atomic E-state index is 12.0. The van der Waals surface area contributed by atoms with E-state index in [-0.39, 0.29) is 23.2 Å². The van der Waals surface area contributed by atoms with Crippen molar-refractivity contribution in [3.05, 3.63) is 29.3 Å². The van der Waals surface area contributed by atoms with Crippen molar-refractivity contribution in [1.29, 1.82) is 0 Å². The summed E-state index contributed by atoms with van der Waals surface area (Å²) < 4.78 is 0. The summed E-state index contributed by atoms with van der Waals surface area (Å²) in [7, 11) is 0. The second kappa shape index (κ2) is 8.44. The molecule has 4 nitrogen and oxygen atoms in total. The van der Waals surface area contributed by atoms with Gasteiger partial charge < -0.3 is 5.32 Å². The Balaban J connectivity index is 1.77. The molecular formula is C16H21ClN2O2S. The molecule has 0 spiro atoms. The van der Waals surface area contributed by atoms with Crippen LogP contribution in [0.15, 0.2) is 29.2 Å². The van der Waals surface area contributed by atoms with Crippen molar-refractivity contribution in [2.45, 2.75) is 55.2 Å². The van der Waals surface area contributed by atoms with Crippen LogP contribution >= 0.6 is 23.4 Å². The number of urea groups is 1. The smallest absolute Gasteiger partial charge is 0.321 e. The van der Waals surface area contributed by atoms with Gasteiger partial charge in [-0.2, -0.15) is 0 Å². The zero-order chi connectivity index (χ0) is 15.9. The summed E-state index contributed by atoms with van der Waals surface area (Å²) in [5.74, 6) is -0.284. The number of nitrogens with one attached hydrogen (secondary N) is 2. The molecule has 1 aliphatic rings. The van der Waals surface area contributed by atoms with Crippen molar-refractivity contribution >= 4 is 35.3 Å². The molecule has 1 atom stereocenters. The quantitative estimate of drug-likeness (QED) is 0.815. The third-order valence-corrected chi connectivity index (χ3v) is 5.04. The van der Waals surface area contributed by atoms with Crippen LogP contribution in [0.5, 0.6) is 0 Å². The number of hydrogen-bond donors (Lipinski definition) is 2. The summed E-state index contributed by atoms with van der Waals surface area (Å²) in [6.07, 6.45) is 5.50. The Morgan fingerprint density at radius 1 is 1.18 bits per heavy atom. The standard InChI is InChI=1S/C16H21ClN2O2S/c1-11(22-14-9-7-12(17)8-10-14)15(20)19-16(21)18-13-5-3-2-4-6-13/h7-11,13H,2-6H2,1H3,(H2,18,19,20,21). The van der Waals surface area contributed by atoms with Gasteiger partial charge in [-0.15, -0.1) is 11.8 Å². The number of halogens is 1. The van der Waals surface area contributed by atoms with Gasteiger partial charge in [0.15, 0.2) is 0 Å². The molecule has 0 saturated heterocycles. The molecule has 3 amide bonds. The van der Waals surface area contributed by atoms with E-state index in [2.05, 4.69) is 10.6 Å². The fourth-order valence-corrected chi connectivity index (χ4v) is 3.45. The highest BCUT2D eigenvalue weighted by Gasteiger charge is 2.20. The Bertz CT molecular complexity index is 515. The molecule has 1 saturated carbocycles. The molecule has 0 heterocycles. The van der Waals surface area contributed by atoms with Gasteiger partial charge in [-0.3, -0.25) is 10.1 Å². The lowest BCUT2D eigenvalue weighted by Gasteiger charge is -2.23. The lowest BCUT2D eigenvalue weighted by Crippen LogP contribution is -2.47. The van der Waals surface area contributed by atoms with E-state index in [1.807, 2.05) is 12.1 Å². The van der Waals surface area contributed by atoms with Gasteiger partial charge in [-0.1, -0.05) is 30.9 Å². The highest BCUT2D eigenvalue weighted by molar-refractivity contribution is 8.00. The predicted octanol–water partition coefficient (Wildman–Crippen LogP) is 3.98. The second-order valence-corrected chi connectivity index (χ2v) is 7.36. The van der Waals surface area contributed by atoms with Crippen LogP contribution in [0.1, 0.15) is 39.0 Å². The van der Waals surface area contributed by atoms with Crippen LogP contribution < -0.4 is 10.6 Å². The molecule has 1 aromatic rings. The minimum Gasteiger partial charge on any atom is -0.335 e. The summed E-state index contributed by atoms with van der Waals surface area (Å²) in [6, 6.07) is 7.09. The molecule has 6 heteroatoms. The third kappa shape index (κ3) is 5.54. The zero-order valence-electron chi connectivity index (χ0n) is 12.6. The molecule has 2 rings (SSSR count). The summed E-state index contributed by atoms with van der Waals surface area (Å²) >= 11 is 7.23. The number of imide groups is 1. The molecule has 2 N–H and O–H groups in total. The minimum atomic E-state index is -0.388. The predicted molar refractivity (Wildman–Crippen MR) is 90.3 cm³/mol. The molecule has 1 aromatic carbocycles. The number of benzene rings is 1. The topological polar surface area (TPSA) is 58.2 Å². The first-order valence-electron chi connectivity index (χ1n) is 7.58. The van der Waals surface area contributed by atoms with E-state index < -0.39 is 0 Å². The Hall–Kier alpha value is -1.20. The highest BCUT2D eigenvalue weighted by Crippen LogP contribution is 2.24. The zero-order valence-corrected chi connectivity index (χ0v) is 14.2. The molecule has 1 aliphatic carbocycles. The van der Waals surface area contributed by atoms with Gasteiger partial charge in [-0.05, 0) is 44.0 Å². The minimum absolute atomic E-state index is 0.195. The fraction of sp³-hybridized carbons (Fsp3) is 0.500. The summed E-state index contributed by atoms with van der Waals surface area (Å²) in [4.78, 5) is 24.8. The van der Waals surface area contributed by atoms with Gasteiger partial charge in [0.25, 0.3) is 0 Å². The molecule has 0 aliphatic heterocycles. The number of hydrogen-bond acceptors (Lipinski definition) is 3. The number of rotatable bonds is 4. The summed E-state index contributed by atoms with van der Waals surface area (Å²) in [5.41, 5.74) is 0. The first kappa shape index (κ1) is 17.2. The Morgan fingerprint density at radius 3 is 2.45 bits per heavy atom. The fourth-order valence-electron chi connectivity index (χ4n) is 2.45. The second-order valence-electron chi connectivity index (χ2n) is 5.51. The number of carbonyl (C=O) groups is 2. The van der Waals surface area contributed by atoms with E-state index in [9.17, 15) is 9.59 Å². The number of carbonyl (C=O) groups excluding carboxylic acids is 2. The molecule has 0 bridgehead atoms. The van der Waals surface area contributed by atoms with Crippen LogP contribution in [0.25, 0.3) is 0 Å². The van der Waals surface area contributed by atoms with Crippen LogP contribution in [0, 0.1) is 0 Å². The number of thioether (sulfide) groups is 1. The average Bonchev–Trinajstić information content (AvgIpc) is 2.50. The van der Waals surface area contributed by atoms with E-state index in [1.165, 1.54) is 18.2 Å². The Morgan fingerprint density at radius 2 is 1.82 bits per heavy atom. The van der Waals surface area contributed by atoms with Crippen LogP contribution in [0.4, 0.5) is 4.79 Å². The summed E-state index contributed by atoms with van der Waals surface area (Å²) in [6.45, 7) is 1.78. The Kier molecular flexibility index (Phi) is 6.58. The van der Waals surface area contributed by atoms with Crippen molar-refractivity contribution in [2.24, 2.45) is 0 Å². The monoisotopic (exact) mass is 340 g/mol. The third-order valence-electron chi connectivity index (χ3n) is 3.67. The van der Waals surface area contributed by atoms with Crippen LogP contribution in [0.2, 0.25) is 5.02 Å². The molecule has 0 aromatic heterocycles. The molecule has 22 heavy (non-hydrogen) atoms. The van der Waals surface area contributed by atoms with E-state index >= 15 is 0 Å². The maximum absolute atomic E-state index is 12.0. The van der Waals surface area contributed by atoms with Gasteiger partial charge in [0.05, 0.1) is 5.25 Å². The lowest BCUT2D eigenvalue weighted by atomic mass is 9.96. The van der Waals surface area contributed by atoms with Crippen LogP contribution in [-0.4, -0.2) is 23.2 Å². The van der Waals surface area contributed by atoms with Crippen LogP contribution in [-0.2, 0) is 4.79 Å². The first-order valence-corrected chi connectivity index (χ1v) is 8.84.